The Hall–Kier alpha value is -2.12. The number of benzene rings is 2. The highest BCUT2D eigenvalue weighted by Crippen LogP contribution is 2.33. The SMILES string of the molecule is Cc1ccc(OCCN2C(=O)S/C(=C\c3cc(Br)ccc3F)C2=O)cc1. The molecule has 2 aromatic rings. The average Bonchev–Trinajstić information content (AvgIpc) is 2.87. The number of ether oxygens (including phenoxy) is 1. The summed E-state index contributed by atoms with van der Waals surface area (Å²) in [5.74, 6) is -0.219. The molecule has 0 spiro atoms. The molecule has 1 saturated heterocycles. The number of amides is 2. The van der Waals surface area contributed by atoms with Gasteiger partial charge in [0.15, 0.2) is 0 Å². The van der Waals surface area contributed by atoms with E-state index in [-0.39, 0.29) is 28.9 Å². The van der Waals surface area contributed by atoms with E-state index in [4.69, 9.17) is 4.74 Å². The summed E-state index contributed by atoms with van der Waals surface area (Å²) in [6.07, 6.45) is 1.39. The van der Waals surface area contributed by atoms with E-state index in [1.807, 2.05) is 31.2 Å². The fraction of sp³-hybridized carbons (Fsp3) is 0.158. The molecule has 1 aliphatic heterocycles. The summed E-state index contributed by atoms with van der Waals surface area (Å²) in [5, 5.41) is -0.385. The van der Waals surface area contributed by atoms with Crippen LogP contribution in [0.1, 0.15) is 11.1 Å². The third-order valence-corrected chi connectivity index (χ3v) is 5.12. The van der Waals surface area contributed by atoms with Gasteiger partial charge in [-0.1, -0.05) is 33.6 Å². The van der Waals surface area contributed by atoms with E-state index in [9.17, 15) is 14.0 Å². The summed E-state index contributed by atoms with van der Waals surface area (Å²) in [6, 6.07) is 11.9. The largest absolute Gasteiger partial charge is 0.492 e. The van der Waals surface area contributed by atoms with Gasteiger partial charge in [0, 0.05) is 10.0 Å². The lowest BCUT2D eigenvalue weighted by atomic mass is 10.2. The number of hydrogen-bond acceptors (Lipinski definition) is 4. The predicted octanol–water partition coefficient (Wildman–Crippen LogP) is 5.01. The van der Waals surface area contributed by atoms with Gasteiger partial charge in [-0.25, -0.2) is 4.39 Å². The van der Waals surface area contributed by atoms with Crippen LogP contribution in [0.3, 0.4) is 0 Å². The topological polar surface area (TPSA) is 46.6 Å². The molecule has 0 aliphatic carbocycles. The minimum absolute atomic E-state index is 0.136. The molecule has 7 heteroatoms. The van der Waals surface area contributed by atoms with Crippen molar-refractivity contribution in [3.05, 3.63) is 68.8 Å². The maximum absolute atomic E-state index is 13.9. The Morgan fingerprint density at radius 3 is 2.65 bits per heavy atom. The van der Waals surface area contributed by atoms with Crippen molar-refractivity contribution in [2.75, 3.05) is 13.2 Å². The average molecular weight is 436 g/mol. The Balaban J connectivity index is 1.66. The minimum atomic E-state index is -0.456. The molecule has 26 heavy (non-hydrogen) atoms. The van der Waals surface area contributed by atoms with Crippen molar-refractivity contribution in [2.24, 2.45) is 0 Å². The highest BCUT2D eigenvalue weighted by molar-refractivity contribution is 9.10. The summed E-state index contributed by atoms with van der Waals surface area (Å²) in [5.41, 5.74) is 1.37. The first-order chi connectivity index (χ1) is 12.4. The Bertz CT molecular complexity index is 883. The van der Waals surface area contributed by atoms with Gasteiger partial charge < -0.3 is 4.74 Å². The molecular formula is C19H15BrFNO3S. The minimum Gasteiger partial charge on any atom is -0.492 e. The molecule has 1 heterocycles. The third-order valence-electron chi connectivity index (χ3n) is 3.72. The van der Waals surface area contributed by atoms with E-state index < -0.39 is 11.7 Å². The lowest BCUT2D eigenvalue weighted by molar-refractivity contribution is -0.123. The summed E-state index contributed by atoms with van der Waals surface area (Å²) in [4.78, 5) is 25.8. The molecule has 0 aromatic heterocycles. The van der Waals surface area contributed by atoms with E-state index in [1.165, 1.54) is 12.1 Å². The van der Waals surface area contributed by atoms with Crippen LogP contribution in [0.25, 0.3) is 6.08 Å². The smallest absolute Gasteiger partial charge is 0.293 e. The van der Waals surface area contributed by atoms with Gasteiger partial charge in [-0.15, -0.1) is 0 Å². The standard InChI is InChI=1S/C19H15BrFNO3S/c1-12-2-5-15(6-3-12)25-9-8-22-18(23)17(26-19(22)24)11-13-10-14(20)4-7-16(13)21/h2-7,10-11H,8-9H2,1H3/b17-11-. The van der Waals surface area contributed by atoms with E-state index in [2.05, 4.69) is 15.9 Å². The van der Waals surface area contributed by atoms with Crippen molar-refractivity contribution >= 4 is 44.9 Å². The lowest BCUT2D eigenvalue weighted by Gasteiger charge is -2.13. The van der Waals surface area contributed by atoms with Crippen LogP contribution in [0.4, 0.5) is 9.18 Å². The van der Waals surface area contributed by atoms with E-state index >= 15 is 0 Å². The second-order valence-electron chi connectivity index (χ2n) is 5.66. The van der Waals surface area contributed by atoms with Crippen LogP contribution in [0.5, 0.6) is 5.75 Å². The zero-order chi connectivity index (χ0) is 18.7. The molecule has 0 N–H and O–H groups in total. The number of aryl methyl sites for hydroxylation is 1. The molecule has 2 amide bonds. The summed E-state index contributed by atoms with van der Waals surface area (Å²) >= 11 is 4.06. The molecule has 2 aromatic carbocycles. The van der Waals surface area contributed by atoms with Crippen LogP contribution in [0.15, 0.2) is 51.8 Å². The summed E-state index contributed by atoms with van der Waals surface area (Å²) in [6.45, 7) is 2.31. The molecule has 0 unspecified atom stereocenters. The van der Waals surface area contributed by atoms with Crippen molar-refractivity contribution in [1.82, 2.24) is 4.90 Å². The van der Waals surface area contributed by atoms with Gasteiger partial charge in [-0.3, -0.25) is 14.5 Å². The van der Waals surface area contributed by atoms with Crippen LogP contribution < -0.4 is 4.74 Å². The molecule has 0 radical (unpaired) electrons. The molecule has 1 aliphatic rings. The molecule has 0 bridgehead atoms. The number of carbonyl (C=O) groups excluding carboxylic acids is 2. The normalized spacial score (nSPS) is 15.8. The molecule has 3 rings (SSSR count). The van der Waals surface area contributed by atoms with Gasteiger partial charge >= 0.3 is 0 Å². The first-order valence-electron chi connectivity index (χ1n) is 7.84. The molecule has 0 saturated carbocycles. The van der Waals surface area contributed by atoms with E-state index in [1.54, 1.807) is 12.1 Å². The van der Waals surface area contributed by atoms with Gasteiger partial charge in [-0.2, -0.15) is 0 Å². The summed E-state index contributed by atoms with van der Waals surface area (Å²) in [7, 11) is 0. The quantitative estimate of drug-likeness (QED) is 0.619. The molecule has 4 nitrogen and oxygen atoms in total. The van der Waals surface area contributed by atoms with E-state index in [0.29, 0.717) is 10.2 Å². The third kappa shape index (κ3) is 4.34. The van der Waals surface area contributed by atoms with Crippen LogP contribution >= 0.6 is 27.7 Å². The number of imide groups is 1. The van der Waals surface area contributed by atoms with E-state index in [0.717, 1.165) is 22.2 Å². The molecular weight excluding hydrogens is 421 g/mol. The number of carbonyl (C=O) groups is 2. The number of hydrogen-bond donors (Lipinski definition) is 0. The maximum Gasteiger partial charge on any atom is 0.293 e. The zero-order valence-corrected chi connectivity index (χ0v) is 16.3. The maximum atomic E-state index is 13.9. The van der Waals surface area contributed by atoms with Gasteiger partial charge in [0.2, 0.25) is 0 Å². The van der Waals surface area contributed by atoms with Crippen LogP contribution in [0, 0.1) is 12.7 Å². The summed E-state index contributed by atoms with van der Waals surface area (Å²) < 4.78 is 20.1. The number of nitrogens with zero attached hydrogens (tertiary/aromatic N) is 1. The van der Waals surface area contributed by atoms with Crippen LogP contribution in [-0.2, 0) is 4.79 Å². The molecule has 134 valence electrons. The molecule has 1 fully saturated rings. The monoisotopic (exact) mass is 435 g/mol. The highest BCUT2D eigenvalue weighted by Gasteiger charge is 2.35. The van der Waals surface area contributed by atoms with Gasteiger partial charge in [0.1, 0.15) is 18.2 Å². The first-order valence-corrected chi connectivity index (χ1v) is 9.45. The van der Waals surface area contributed by atoms with Gasteiger partial charge in [0.25, 0.3) is 11.1 Å². The van der Waals surface area contributed by atoms with Gasteiger partial charge in [0.05, 0.1) is 11.4 Å². The zero-order valence-electron chi connectivity index (χ0n) is 13.9. The van der Waals surface area contributed by atoms with Crippen LogP contribution in [0.2, 0.25) is 0 Å². The second-order valence-corrected chi connectivity index (χ2v) is 7.57. The van der Waals surface area contributed by atoms with Crippen LogP contribution in [-0.4, -0.2) is 29.2 Å². The molecule has 0 atom stereocenters. The van der Waals surface area contributed by atoms with Crippen molar-refractivity contribution in [1.29, 1.82) is 0 Å². The van der Waals surface area contributed by atoms with Crippen molar-refractivity contribution < 1.29 is 18.7 Å². The predicted molar refractivity (Wildman–Crippen MR) is 103 cm³/mol. The van der Waals surface area contributed by atoms with Crippen molar-refractivity contribution in [3.8, 4) is 5.75 Å². The Kier molecular flexibility index (Phi) is 5.78. The number of halogens is 2. The fourth-order valence-corrected chi connectivity index (χ4v) is 3.58. The number of rotatable bonds is 5. The Morgan fingerprint density at radius 2 is 1.92 bits per heavy atom. The first kappa shape index (κ1) is 18.7. The van der Waals surface area contributed by atoms with Crippen molar-refractivity contribution in [3.63, 3.8) is 0 Å². The number of thioether (sulfide) groups is 1. The van der Waals surface area contributed by atoms with Gasteiger partial charge in [-0.05, 0) is 55.1 Å². The highest BCUT2D eigenvalue weighted by atomic mass is 79.9. The Morgan fingerprint density at radius 1 is 1.19 bits per heavy atom. The second kappa shape index (κ2) is 8.05. The van der Waals surface area contributed by atoms with Crippen molar-refractivity contribution in [2.45, 2.75) is 6.92 Å². The Labute approximate surface area is 163 Å². The fourth-order valence-electron chi connectivity index (χ4n) is 2.35. The lowest BCUT2D eigenvalue weighted by Crippen LogP contribution is -2.32.